The van der Waals surface area contributed by atoms with Gasteiger partial charge in [-0.25, -0.2) is 0 Å². The Morgan fingerprint density at radius 3 is 2.80 bits per heavy atom. The molecule has 0 aliphatic carbocycles. The zero-order valence-corrected chi connectivity index (χ0v) is 13.0. The zero-order chi connectivity index (χ0) is 15.0. The number of nitrogens with zero attached hydrogens (tertiary/aromatic N) is 1. The second-order valence-corrected chi connectivity index (χ2v) is 5.81. The van der Waals surface area contributed by atoms with E-state index in [9.17, 15) is 10.1 Å². The molecule has 1 aromatic rings. The van der Waals surface area contributed by atoms with E-state index in [1.54, 1.807) is 12.1 Å². The molecule has 0 heterocycles. The molecule has 0 aliphatic rings. The quantitative estimate of drug-likeness (QED) is 0.552. The monoisotopic (exact) mass is 298 g/mol. The van der Waals surface area contributed by atoms with Crippen molar-refractivity contribution in [3.8, 4) is 5.75 Å². The number of hydrogen-bond acceptors (Lipinski definition) is 5. The lowest BCUT2D eigenvalue weighted by Gasteiger charge is -2.15. The molecule has 0 fully saturated rings. The number of nitrogens with one attached hydrogen (secondary N) is 1. The molecule has 0 saturated heterocycles. The summed E-state index contributed by atoms with van der Waals surface area (Å²) in [5.74, 6) is 2.41. The third-order valence-corrected chi connectivity index (χ3v) is 3.75. The summed E-state index contributed by atoms with van der Waals surface area (Å²) in [4.78, 5) is 10.6. The van der Waals surface area contributed by atoms with Crippen molar-refractivity contribution < 1.29 is 9.66 Å². The molecule has 1 atom stereocenters. The van der Waals surface area contributed by atoms with E-state index < -0.39 is 4.92 Å². The van der Waals surface area contributed by atoms with Gasteiger partial charge in [-0.3, -0.25) is 10.1 Å². The molecular weight excluding hydrogens is 276 g/mol. The van der Waals surface area contributed by atoms with Gasteiger partial charge < -0.3 is 10.1 Å². The number of nitro groups is 1. The van der Waals surface area contributed by atoms with E-state index >= 15 is 0 Å². The molecular formula is C14H22N2O3S. The molecule has 0 radical (unpaired) electrons. The summed E-state index contributed by atoms with van der Waals surface area (Å²) in [6.45, 7) is 6.67. The van der Waals surface area contributed by atoms with Crippen molar-refractivity contribution in [3.63, 3.8) is 0 Å². The van der Waals surface area contributed by atoms with Crippen LogP contribution in [0.5, 0.6) is 5.75 Å². The molecule has 5 nitrogen and oxygen atoms in total. The van der Waals surface area contributed by atoms with Gasteiger partial charge in [-0.2, -0.15) is 11.8 Å². The molecule has 112 valence electrons. The zero-order valence-electron chi connectivity index (χ0n) is 12.2. The maximum absolute atomic E-state index is 11.0. The highest BCUT2D eigenvalue weighted by atomic mass is 32.2. The fourth-order valence-corrected chi connectivity index (χ4v) is 2.38. The molecule has 6 heteroatoms. The average Bonchev–Trinajstić information content (AvgIpc) is 2.42. The summed E-state index contributed by atoms with van der Waals surface area (Å²) >= 11 is 1.86. The van der Waals surface area contributed by atoms with Gasteiger partial charge in [0, 0.05) is 29.6 Å². The number of thioether (sulfide) groups is 1. The molecule has 20 heavy (non-hydrogen) atoms. The van der Waals surface area contributed by atoms with E-state index in [2.05, 4.69) is 19.2 Å². The Labute approximate surface area is 124 Å². The second kappa shape index (κ2) is 8.68. The van der Waals surface area contributed by atoms with Gasteiger partial charge in [0.25, 0.3) is 0 Å². The topological polar surface area (TPSA) is 64.4 Å². The van der Waals surface area contributed by atoms with Crippen LogP contribution in [-0.2, 0) is 0 Å². The van der Waals surface area contributed by atoms with Crippen molar-refractivity contribution in [2.75, 3.05) is 23.4 Å². The van der Waals surface area contributed by atoms with Crippen LogP contribution in [0.25, 0.3) is 0 Å². The number of ether oxygens (including phenoxy) is 1. The van der Waals surface area contributed by atoms with Crippen LogP contribution in [0.4, 0.5) is 11.4 Å². The van der Waals surface area contributed by atoms with E-state index in [1.165, 1.54) is 6.07 Å². The van der Waals surface area contributed by atoms with Crippen molar-refractivity contribution in [2.24, 2.45) is 0 Å². The predicted molar refractivity (Wildman–Crippen MR) is 85.0 cm³/mol. The second-order valence-electron chi connectivity index (χ2n) is 4.49. The van der Waals surface area contributed by atoms with Crippen LogP contribution in [0, 0.1) is 10.1 Å². The summed E-state index contributed by atoms with van der Waals surface area (Å²) in [5.41, 5.74) is 0.866. The first-order valence-electron chi connectivity index (χ1n) is 6.84. The lowest BCUT2D eigenvalue weighted by molar-refractivity contribution is -0.385. The Bertz CT molecular complexity index is 440. The van der Waals surface area contributed by atoms with Crippen LogP contribution in [0.15, 0.2) is 18.2 Å². The van der Waals surface area contributed by atoms with Crippen LogP contribution in [-0.4, -0.2) is 29.1 Å². The highest BCUT2D eigenvalue weighted by Gasteiger charge is 2.16. The maximum atomic E-state index is 11.0. The van der Waals surface area contributed by atoms with Gasteiger partial charge >= 0.3 is 5.69 Å². The fraction of sp³-hybridized carbons (Fsp3) is 0.571. The van der Waals surface area contributed by atoms with Crippen LogP contribution < -0.4 is 10.1 Å². The van der Waals surface area contributed by atoms with Gasteiger partial charge in [0.05, 0.1) is 11.5 Å². The molecule has 0 spiro atoms. The summed E-state index contributed by atoms with van der Waals surface area (Å²) in [7, 11) is 0. The standard InChI is InChI=1S/C14H22N2O3S/c1-4-8-19-14-9-12(6-7-13(14)16(17)18)15-11(3)10-20-5-2/h6-7,9,11,15H,4-5,8,10H2,1-3H3. The first-order chi connectivity index (χ1) is 9.58. The summed E-state index contributed by atoms with van der Waals surface area (Å²) < 4.78 is 5.46. The molecule has 1 N–H and O–H groups in total. The lowest BCUT2D eigenvalue weighted by atomic mass is 10.2. The smallest absolute Gasteiger partial charge is 0.311 e. The Kier molecular flexibility index (Phi) is 7.22. The Morgan fingerprint density at radius 1 is 1.45 bits per heavy atom. The number of benzene rings is 1. The summed E-state index contributed by atoms with van der Waals surface area (Å²) in [6.07, 6.45) is 0.818. The van der Waals surface area contributed by atoms with Crippen molar-refractivity contribution >= 4 is 23.1 Å². The molecule has 0 aliphatic heterocycles. The van der Waals surface area contributed by atoms with E-state index in [0.29, 0.717) is 18.4 Å². The lowest BCUT2D eigenvalue weighted by Crippen LogP contribution is -2.18. The first kappa shape index (κ1) is 16.6. The fourth-order valence-electron chi connectivity index (χ4n) is 1.70. The Morgan fingerprint density at radius 2 is 2.20 bits per heavy atom. The first-order valence-corrected chi connectivity index (χ1v) is 7.99. The average molecular weight is 298 g/mol. The van der Waals surface area contributed by atoms with Crippen molar-refractivity contribution in [1.82, 2.24) is 0 Å². The highest BCUT2D eigenvalue weighted by Crippen LogP contribution is 2.30. The van der Waals surface area contributed by atoms with Crippen LogP contribution in [0.2, 0.25) is 0 Å². The highest BCUT2D eigenvalue weighted by molar-refractivity contribution is 7.99. The van der Waals surface area contributed by atoms with Gasteiger partial charge in [-0.05, 0) is 25.2 Å². The molecule has 1 aromatic carbocycles. The normalized spacial score (nSPS) is 11.9. The van der Waals surface area contributed by atoms with Crippen molar-refractivity contribution in [2.45, 2.75) is 33.2 Å². The van der Waals surface area contributed by atoms with E-state index in [-0.39, 0.29) is 5.69 Å². The molecule has 0 aromatic heterocycles. The van der Waals surface area contributed by atoms with Crippen LogP contribution in [0.1, 0.15) is 27.2 Å². The SMILES string of the molecule is CCCOc1cc(NC(C)CSCC)ccc1[N+](=O)[O-]. The third-order valence-electron chi connectivity index (χ3n) is 2.60. The summed E-state index contributed by atoms with van der Waals surface area (Å²) in [5, 5.41) is 14.3. The molecule has 1 unspecified atom stereocenters. The van der Waals surface area contributed by atoms with E-state index in [0.717, 1.165) is 23.6 Å². The third kappa shape index (κ3) is 5.28. The number of rotatable bonds is 9. The molecule has 1 rings (SSSR count). The van der Waals surface area contributed by atoms with Crippen LogP contribution >= 0.6 is 11.8 Å². The minimum atomic E-state index is -0.412. The van der Waals surface area contributed by atoms with E-state index in [1.807, 2.05) is 18.7 Å². The number of nitro benzene ring substituents is 1. The largest absolute Gasteiger partial charge is 0.487 e. The minimum absolute atomic E-state index is 0.0135. The van der Waals surface area contributed by atoms with Gasteiger partial charge in [0.1, 0.15) is 0 Å². The van der Waals surface area contributed by atoms with E-state index in [4.69, 9.17) is 4.74 Å². The van der Waals surface area contributed by atoms with Crippen LogP contribution in [0.3, 0.4) is 0 Å². The Balaban J connectivity index is 2.80. The minimum Gasteiger partial charge on any atom is -0.487 e. The van der Waals surface area contributed by atoms with Gasteiger partial charge in [-0.1, -0.05) is 13.8 Å². The number of anilines is 1. The van der Waals surface area contributed by atoms with Gasteiger partial charge in [-0.15, -0.1) is 0 Å². The molecule has 0 amide bonds. The molecule has 0 bridgehead atoms. The van der Waals surface area contributed by atoms with Gasteiger partial charge in [0.15, 0.2) is 5.75 Å². The summed E-state index contributed by atoms with van der Waals surface area (Å²) in [6, 6.07) is 5.23. The molecule has 0 saturated carbocycles. The number of hydrogen-bond donors (Lipinski definition) is 1. The Hall–Kier alpha value is -1.43. The maximum Gasteiger partial charge on any atom is 0.311 e. The van der Waals surface area contributed by atoms with Gasteiger partial charge in [0.2, 0.25) is 0 Å². The van der Waals surface area contributed by atoms with Crippen molar-refractivity contribution in [3.05, 3.63) is 28.3 Å². The predicted octanol–water partition coefficient (Wildman–Crippen LogP) is 3.94. The van der Waals surface area contributed by atoms with Crippen molar-refractivity contribution in [1.29, 1.82) is 0 Å².